The van der Waals surface area contributed by atoms with Crippen molar-refractivity contribution >= 4 is 5.91 Å². The summed E-state index contributed by atoms with van der Waals surface area (Å²) in [5.74, 6) is -3.76. The van der Waals surface area contributed by atoms with Crippen LogP contribution in [0, 0.1) is 5.92 Å². The van der Waals surface area contributed by atoms with Crippen molar-refractivity contribution in [2.45, 2.75) is 51.0 Å². The number of para-hydroxylation sites is 1. The Morgan fingerprint density at radius 3 is 2.72 bits per heavy atom. The molecule has 0 spiro atoms. The molecule has 7 heteroatoms. The minimum Gasteiger partial charge on any atom is -0.345 e. The molecule has 0 aliphatic heterocycles. The predicted octanol–water partition coefficient (Wildman–Crippen LogP) is 3.44. The third kappa shape index (κ3) is 4.03. The molecular formula is C18H22F2N4O. The van der Waals surface area contributed by atoms with Crippen LogP contribution in [-0.2, 0) is 10.3 Å². The summed E-state index contributed by atoms with van der Waals surface area (Å²) in [6.45, 7) is 3.59. The number of benzene rings is 1. The van der Waals surface area contributed by atoms with Gasteiger partial charge in [-0.1, -0.05) is 23.4 Å². The number of aromatic nitrogens is 3. The highest BCUT2D eigenvalue weighted by Gasteiger charge is 2.40. The summed E-state index contributed by atoms with van der Waals surface area (Å²) in [5, 5.41) is 11.1. The van der Waals surface area contributed by atoms with E-state index < -0.39 is 17.4 Å². The van der Waals surface area contributed by atoms with Crippen LogP contribution in [0.2, 0.25) is 0 Å². The molecule has 1 aliphatic carbocycles. The molecule has 1 aromatic carbocycles. The van der Waals surface area contributed by atoms with E-state index in [9.17, 15) is 13.6 Å². The van der Waals surface area contributed by atoms with E-state index in [2.05, 4.69) is 15.6 Å². The van der Waals surface area contributed by atoms with E-state index >= 15 is 0 Å². The van der Waals surface area contributed by atoms with E-state index in [0.717, 1.165) is 5.69 Å². The number of amides is 1. The van der Waals surface area contributed by atoms with E-state index in [1.54, 1.807) is 24.7 Å². The first-order chi connectivity index (χ1) is 11.8. The summed E-state index contributed by atoms with van der Waals surface area (Å²) in [6, 6.07) is 9.49. The van der Waals surface area contributed by atoms with Gasteiger partial charge in [-0.25, -0.2) is 13.5 Å². The molecule has 25 heavy (non-hydrogen) atoms. The van der Waals surface area contributed by atoms with Gasteiger partial charge >= 0.3 is 0 Å². The zero-order valence-electron chi connectivity index (χ0n) is 14.4. The van der Waals surface area contributed by atoms with Crippen LogP contribution >= 0.6 is 0 Å². The number of halogens is 2. The zero-order chi connectivity index (χ0) is 18.1. The minimum atomic E-state index is -2.75. The lowest BCUT2D eigenvalue weighted by Crippen LogP contribution is -2.46. The molecule has 1 amide bonds. The fourth-order valence-electron chi connectivity index (χ4n) is 3.13. The first-order valence-corrected chi connectivity index (χ1v) is 8.45. The van der Waals surface area contributed by atoms with Crippen LogP contribution in [0.15, 0.2) is 36.5 Å². The van der Waals surface area contributed by atoms with Gasteiger partial charge in [0.15, 0.2) is 0 Å². The van der Waals surface area contributed by atoms with Crippen LogP contribution in [0.5, 0.6) is 0 Å². The Morgan fingerprint density at radius 2 is 2.04 bits per heavy atom. The van der Waals surface area contributed by atoms with Gasteiger partial charge in [-0.2, -0.15) is 0 Å². The van der Waals surface area contributed by atoms with Gasteiger partial charge < -0.3 is 5.32 Å². The lowest BCUT2D eigenvalue weighted by atomic mass is 9.85. The van der Waals surface area contributed by atoms with Crippen LogP contribution in [0.3, 0.4) is 0 Å². The van der Waals surface area contributed by atoms with Crippen molar-refractivity contribution in [1.82, 2.24) is 20.3 Å². The molecule has 1 saturated carbocycles. The fraction of sp³-hybridized carbons (Fsp3) is 0.500. The molecule has 1 heterocycles. The van der Waals surface area contributed by atoms with Crippen molar-refractivity contribution < 1.29 is 13.6 Å². The van der Waals surface area contributed by atoms with Crippen molar-refractivity contribution in [3.05, 3.63) is 42.2 Å². The second-order valence-electron chi connectivity index (χ2n) is 7.15. The maximum absolute atomic E-state index is 13.6. The molecule has 2 aromatic rings. The molecule has 1 aliphatic rings. The summed E-state index contributed by atoms with van der Waals surface area (Å²) >= 11 is 0. The molecule has 0 radical (unpaired) electrons. The Labute approximate surface area is 145 Å². The Hall–Kier alpha value is -2.31. The second-order valence-corrected chi connectivity index (χ2v) is 7.15. The Balaban J connectivity index is 1.71. The summed E-state index contributed by atoms with van der Waals surface area (Å²) < 4.78 is 28.7. The van der Waals surface area contributed by atoms with Crippen LogP contribution in [0.25, 0.3) is 5.69 Å². The zero-order valence-corrected chi connectivity index (χ0v) is 14.4. The SMILES string of the molecule is CC(C)(NC(=O)[C@@H]1CCCC(F)(F)C1)c1cn(-c2ccccc2)nn1. The van der Waals surface area contributed by atoms with Gasteiger partial charge in [0, 0.05) is 18.8 Å². The number of hydrogen-bond donors (Lipinski definition) is 1. The number of alkyl halides is 2. The average molecular weight is 348 g/mol. The first kappa shape index (κ1) is 17.5. The standard InChI is InChI=1S/C18H22F2N4O/c1-17(2,21-16(25)13-7-6-10-18(19,20)11-13)15-12-24(23-22-15)14-8-4-3-5-9-14/h3-5,8-9,12-13H,6-7,10-11H2,1-2H3,(H,21,25)/t13-/m1/s1. The van der Waals surface area contributed by atoms with Gasteiger partial charge in [0.1, 0.15) is 5.69 Å². The van der Waals surface area contributed by atoms with Crippen molar-refractivity contribution in [3.63, 3.8) is 0 Å². The average Bonchev–Trinajstić information content (AvgIpc) is 3.05. The lowest BCUT2D eigenvalue weighted by Gasteiger charge is -2.31. The summed E-state index contributed by atoms with van der Waals surface area (Å²) in [4.78, 5) is 12.5. The third-order valence-corrected chi connectivity index (χ3v) is 4.60. The molecule has 1 fully saturated rings. The molecule has 0 unspecified atom stereocenters. The van der Waals surface area contributed by atoms with Gasteiger partial charge in [-0.3, -0.25) is 4.79 Å². The topological polar surface area (TPSA) is 59.8 Å². The number of rotatable bonds is 4. The van der Waals surface area contributed by atoms with Gasteiger partial charge in [-0.05, 0) is 38.8 Å². The van der Waals surface area contributed by atoms with Gasteiger partial charge in [-0.15, -0.1) is 5.10 Å². The maximum Gasteiger partial charge on any atom is 0.248 e. The lowest BCUT2D eigenvalue weighted by molar-refractivity contribution is -0.134. The molecule has 1 aromatic heterocycles. The number of hydrogen-bond acceptors (Lipinski definition) is 3. The number of nitrogens with one attached hydrogen (secondary N) is 1. The Bertz CT molecular complexity index is 743. The monoisotopic (exact) mass is 348 g/mol. The highest BCUT2D eigenvalue weighted by Crippen LogP contribution is 2.37. The summed E-state index contributed by atoms with van der Waals surface area (Å²) in [5.41, 5.74) is 0.638. The number of nitrogens with zero attached hydrogens (tertiary/aromatic N) is 3. The van der Waals surface area contributed by atoms with Crippen molar-refractivity contribution in [2.24, 2.45) is 5.92 Å². The Morgan fingerprint density at radius 1 is 1.32 bits per heavy atom. The normalized spacial score (nSPS) is 20.2. The van der Waals surface area contributed by atoms with E-state index in [-0.39, 0.29) is 18.7 Å². The van der Waals surface area contributed by atoms with E-state index in [0.29, 0.717) is 18.5 Å². The van der Waals surface area contributed by atoms with Crippen LogP contribution in [0.4, 0.5) is 8.78 Å². The number of carbonyl (C=O) groups excluding carboxylic acids is 1. The van der Waals surface area contributed by atoms with Crippen LogP contribution in [0.1, 0.15) is 45.2 Å². The molecular weight excluding hydrogens is 326 g/mol. The van der Waals surface area contributed by atoms with Gasteiger partial charge in [0.2, 0.25) is 11.8 Å². The van der Waals surface area contributed by atoms with Crippen molar-refractivity contribution in [2.75, 3.05) is 0 Å². The predicted molar refractivity (Wildman–Crippen MR) is 89.4 cm³/mol. The second kappa shape index (κ2) is 6.54. The van der Waals surface area contributed by atoms with E-state index in [1.807, 2.05) is 30.3 Å². The van der Waals surface area contributed by atoms with Crippen molar-refractivity contribution in [1.29, 1.82) is 0 Å². The molecule has 1 N–H and O–H groups in total. The largest absolute Gasteiger partial charge is 0.345 e. The smallest absolute Gasteiger partial charge is 0.248 e. The summed E-state index contributed by atoms with van der Waals surface area (Å²) in [6.07, 6.45) is 2.09. The van der Waals surface area contributed by atoms with Crippen LogP contribution in [-0.4, -0.2) is 26.8 Å². The molecule has 0 bridgehead atoms. The molecule has 134 valence electrons. The fourth-order valence-corrected chi connectivity index (χ4v) is 3.13. The van der Waals surface area contributed by atoms with E-state index in [1.165, 1.54) is 0 Å². The van der Waals surface area contributed by atoms with E-state index in [4.69, 9.17) is 0 Å². The summed E-state index contributed by atoms with van der Waals surface area (Å²) in [7, 11) is 0. The number of carbonyl (C=O) groups is 1. The van der Waals surface area contributed by atoms with Gasteiger partial charge in [0.05, 0.1) is 17.4 Å². The molecule has 0 saturated heterocycles. The minimum absolute atomic E-state index is 0.133. The highest BCUT2D eigenvalue weighted by molar-refractivity contribution is 5.79. The molecule has 3 rings (SSSR count). The molecule has 5 nitrogen and oxygen atoms in total. The third-order valence-electron chi connectivity index (χ3n) is 4.60. The Kier molecular flexibility index (Phi) is 4.58. The quantitative estimate of drug-likeness (QED) is 0.921. The molecule has 1 atom stereocenters. The maximum atomic E-state index is 13.6. The van der Waals surface area contributed by atoms with Gasteiger partial charge in [0.25, 0.3) is 0 Å². The first-order valence-electron chi connectivity index (χ1n) is 8.45. The highest BCUT2D eigenvalue weighted by atomic mass is 19.3. The van der Waals surface area contributed by atoms with Crippen LogP contribution < -0.4 is 5.32 Å². The van der Waals surface area contributed by atoms with Crippen molar-refractivity contribution in [3.8, 4) is 5.69 Å².